The Hall–Kier alpha value is -2.48. The third kappa shape index (κ3) is 4.82. The Labute approximate surface area is 212 Å². The molecule has 186 valence electrons. The number of piperidine rings is 1. The number of fused-ring (bicyclic) bond motifs is 1. The topological polar surface area (TPSA) is 66.3 Å². The number of carbonyl (C=O) groups excluding carboxylic acids is 1. The summed E-state index contributed by atoms with van der Waals surface area (Å²) in [6, 6.07) is 8.02. The first-order valence-electron chi connectivity index (χ1n) is 12.8. The van der Waals surface area contributed by atoms with Crippen molar-refractivity contribution in [2.75, 3.05) is 33.7 Å². The van der Waals surface area contributed by atoms with Gasteiger partial charge in [-0.1, -0.05) is 36.9 Å². The summed E-state index contributed by atoms with van der Waals surface area (Å²) in [5.74, 6) is 0.425. The number of likely N-dealkylation sites (tertiary alicyclic amines) is 1. The number of rotatable bonds is 6. The minimum atomic E-state index is -0.0936. The van der Waals surface area contributed by atoms with E-state index in [2.05, 4.69) is 39.2 Å². The number of nitrogens with one attached hydrogen (secondary N) is 1. The second-order valence-corrected chi connectivity index (χ2v) is 10.7. The Kier molecular flexibility index (Phi) is 7.09. The Morgan fingerprint density at radius 3 is 2.66 bits per heavy atom. The van der Waals surface area contributed by atoms with Gasteiger partial charge in [-0.3, -0.25) is 14.3 Å². The van der Waals surface area contributed by atoms with Crippen molar-refractivity contribution in [3.05, 3.63) is 53.4 Å². The molecule has 0 bridgehead atoms. The molecule has 0 unspecified atom stereocenters. The lowest BCUT2D eigenvalue weighted by molar-refractivity contribution is 0.00670. The van der Waals surface area contributed by atoms with Crippen LogP contribution in [0.1, 0.15) is 55.3 Å². The molecule has 0 spiro atoms. The molecule has 1 aromatic carbocycles. The zero-order chi connectivity index (χ0) is 24.4. The first-order chi connectivity index (χ1) is 17.0. The molecule has 3 aromatic rings. The van der Waals surface area contributed by atoms with Gasteiger partial charge in [-0.05, 0) is 64.5 Å². The quantitative estimate of drug-likeness (QED) is 0.545. The second-order valence-electron chi connectivity index (χ2n) is 10.3. The molecule has 2 aliphatic rings. The van der Waals surface area contributed by atoms with Crippen LogP contribution in [-0.4, -0.2) is 75.6 Å². The van der Waals surface area contributed by atoms with Crippen LogP contribution in [-0.2, 0) is 0 Å². The molecule has 3 heterocycles. The number of nitrogens with zero attached hydrogens (tertiary/aromatic N) is 5. The van der Waals surface area contributed by atoms with Crippen LogP contribution < -0.4 is 5.32 Å². The molecule has 1 atom stereocenters. The van der Waals surface area contributed by atoms with Crippen LogP contribution in [0.5, 0.6) is 0 Å². The minimum Gasteiger partial charge on any atom is -0.350 e. The lowest BCUT2D eigenvalue weighted by Crippen LogP contribution is -2.61. The summed E-state index contributed by atoms with van der Waals surface area (Å²) in [6.07, 6.45) is 13.6. The number of hydrogen-bond acceptors (Lipinski definition) is 5. The molecule has 5 rings (SSSR count). The largest absolute Gasteiger partial charge is 0.350 e. The molecule has 8 heteroatoms. The van der Waals surface area contributed by atoms with E-state index in [1.807, 2.05) is 29.0 Å². The smallest absolute Gasteiger partial charge is 0.253 e. The van der Waals surface area contributed by atoms with Crippen molar-refractivity contribution >= 4 is 28.4 Å². The lowest BCUT2D eigenvalue weighted by Gasteiger charge is -2.50. The number of carbonyl (C=O) groups is 1. The maximum atomic E-state index is 13.6. The highest BCUT2D eigenvalue weighted by Gasteiger charge is 2.40. The molecule has 0 radical (unpaired) electrons. The summed E-state index contributed by atoms with van der Waals surface area (Å²) < 4.78 is 1.85. The summed E-state index contributed by atoms with van der Waals surface area (Å²) in [4.78, 5) is 27.4. The number of hydrogen-bond donors (Lipinski definition) is 1. The monoisotopic (exact) mass is 494 g/mol. The molecule has 1 saturated carbocycles. The zero-order valence-electron chi connectivity index (χ0n) is 20.7. The van der Waals surface area contributed by atoms with E-state index < -0.39 is 0 Å². The van der Waals surface area contributed by atoms with Gasteiger partial charge in [0, 0.05) is 48.6 Å². The van der Waals surface area contributed by atoms with E-state index in [-0.39, 0.29) is 11.4 Å². The highest BCUT2D eigenvalue weighted by molar-refractivity contribution is 6.37. The molecule has 2 aromatic heterocycles. The standard InChI is InChI=1S/C27H35ClN6O/c1-32(2)20-9-7-16-33(17-20)27(12-4-3-5-13-27)19-31-25(35)21-18-34(26-29-14-8-15-30-26)23-11-6-10-22(28)24(21)23/h6,8,10-11,14-15,18,20H,3-5,7,9,12-13,16-17,19H2,1-2H3,(H,31,35)/t20-/m1/s1. The van der Waals surface area contributed by atoms with Crippen molar-refractivity contribution < 1.29 is 4.79 Å². The Bertz CT molecular complexity index is 1170. The predicted molar refractivity (Wildman–Crippen MR) is 140 cm³/mol. The number of amides is 1. The van der Waals surface area contributed by atoms with Crippen LogP contribution in [0.2, 0.25) is 5.02 Å². The van der Waals surface area contributed by atoms with E-state index in [9.17, 15) is 4.79 Å². The Morgan fingerprint density at radius 2 is 1.91 bits per heavy atom. The molecular weight excluding hydrogens is 460 g/mol. The lowest BCUT2D eigenvalue weighted by atomic mass is 9.78. The van der Waals surface area contributed by atoms with Gasteiger partial charge < -0.3 is 10.2 Å². The molecule has 1 aliphatic heterocycles. The number of benzene rings is 1. The van der Waals surface area contributed by atoms with Gasteiger partial charge in [-0.25, -0.2) is 9.97 Å². The first-order valence-corrected chi connectivity index (χ1v) is 13.1. The van der Waals surface area contributed by atoms with Crippen molar-refractivity contribution in [1.82, 2.24) is 29.7 Å². The van der Waals surface area contributed by atoms with Gasteiger partial charge in [0.15, 0.2) is 0 Å². The molecule has 1 aliphatic carbocycles. The molecule has 1 N–H and O–H groups in total. The predicted octanol–water partition coefficient (Wildman–Crippen LogP) is 4.53. The van der Waals surface area contributed by atoms with Crippen molar-refractivity contribution in [3.63, 3.8) is 0 Å². The van der Waals surface area contributed by atoms with E-state index in [1.54, 1.807) is 18.5 Å². The highest BCUT2D eigenvalue weighted by atomic mass is 35.5. The van der Waals surface area contributed by atoms with Crippen LogP contribution in [0.15, 0.2) is 42.9 Å². The molecule has 2 fully saturated rings. The number of aromatic nitrogens is 3. The summed E-state index contributed by atoms with van der Waals surface area (Å²) in [6.45, 7) is 2.83. The maximum Gasteiger partial charge on any atom is 0.253 e. The average molecular weight is 495 g/mol. The van der Waals surface area contributed by atoms with Crippen molar-refractivity contribution in [2.24, 2.45) is 0 Å². The number of likely N-dealkylation sites (N-methyl/N-ethyl adjacent to an activating group) is 1. The third-order valence-corrected chi connectivity index (χ3v) is 8.27. The van der Waals surface area contributed by atoms with Gasteiger partial charge in [0.25, 0.3) is 5.91 Å². The van der Waals surface area contributed by atoms with Gasteiger partial charge >= 0.3 is 0 Å². The average Bonchev–Trinajstić information content (AvgIpc) is 3.30. The molecular formula is C27H35ClN6O. The summed E-state index contributed by atoms with van der Waals surface area (Å²) in [5.41, 5.74) is 1.41. The van der Waals surface area contributed by atoms with Gasteiger partial charge in [-0.15, -0.1) is 0 Å². The van der Waals surface area contributed by atoms with Crippen molar-refractivity contribution in [2.45, 2.75) is 56.5 Å². The molecule has 1 saturated heterocycles. The van der Waals surface area contributed by atoms with Gasteiger partial charge in [0.05, 0.1) is 16.1 Å². The van der Waals surface area contributed by atoms with E-state index in [0.29, 0.717) is 29.1 Å². The first kappa shape index (κ1) is 24.2. The molecule has 1 amide bonds. The van der Waals surface area contributed by atoms with E-state index in [0.717, 1.165) is 36.8 Å². The van der Waals surface area contributed by atoms with Crippen LogP contribution in [0.25, 0.3) is 16.9 Å². The van der Waals surface area contributed by atoms with Gasteiger partial charge in [0.2, 0.25) is 5.95 Å². The fourth-order valence-corrected chi connectivity index (χ4v) is 6.23. The van der Waals surface area contributed by atoms with Crippen LogP contribution in [0.3, 0.4) is 0 Å². The normalized spacial score (nSPS) is 20.9. The van der Waals surface area contributed by atoms with Crippen molar-refractivity contribution in [1.29, 1.82) is 0 Å². The van der Waals surface area contributed by atoms with E-state index in [1.165, 1.54) is 32.1 Å². The minimum absolute atomic E-state index is 0.0211. The van der Waals surface area contributed by atoms with E-state index >= 15 is 0 Å². The fourth-order valence-electron chi connectivity index (χ4n) is 5.96. The summed E-state index contributed by atoms with van der Waals surface area (Å²) in [7, 11) is 4.36. The van der Waals surface area contributed by atoms with E-state index in [4.69, 9.17) is 11.6 Å². The summed E-state index contributed by atoms with van der Waals surface area (Å²) in [5, 5.41) is 4.62. The van der Waals surface area contributed by atoms with Crippen molar-refractivity contribution in [3.8, 4) is 5.95 Å². The molecule has 35 heavy (non-hydrogen) atoms. The zero-order valence-corrected chi connectivity index (χ0v) is 21.5. The maximum absolute atomic E-state index is 13.6. The molecule has 7 nitrogen and oxygen atoms in total. The third-order valence-electron chi connectivity index (χ3n) is 7.95. The van der Waals surface area contributed by atoms with Gasteiger partial charge in [0.1, 0.15) is 0 Å². The Morgan fingerprint density at radius 1 is 1.14 bits per heavy atom. The van der Waals surface area contributed by atoms with Crippen LogP contribution >= 0.6 is 11.6 Å². The highest BCUT2D eigenvalue weighted by Crippen LogP contribution is 2.36. The van der Waals surface area contributed by atoms with Crippen LogP contribution in [0, 0.1) is 0 Å². The Balaban J connectivity index is 1.42. The fraction of sp³-hybridized carbons (Fsp3) is 0.519. The SMILES string of the molecule is CN(C)[C@@H]1CCCN(C2(CNC(=O)c3cn(-c4ncccn4)c4cccc(Cl)c34)CCCCC2)C1. The number of halogens is 1. The van der Waals surface area contributed by atoms with Crippen LogP contribution in [0.4, 0.5) is 0 Å². The van der Waals surface area contributed by atoms with Gasteiger partial charge in [-0.2, -0.15) is 0 Å². The summed E-state index contributed by atoms with van der Waals surface area (Å²) >= 11 is 6.60. The second kappa shape index (κ2) is 10.2.